The molecule has 2 aromatic rings. The Kier molecular flexibility index (Phi) is 4.93. The Balaban J connectivity index is 1.96. The number of carbonyl (C=O) groups excluding carboxylic acids is 1. The lowest BCUT2D eigenvalue weighted by Gasteiger charge is -2.32. The van der Waals surface area contributed by atoms with Gasteiger partial charge in [-0.05, 0) is 17.7 Å². The van der Waals surface area contributed by atoms with E-state index < -0.39 is 24.2 Å². The molecule has 0 saturated heterocycles. The summed E-state index contributed by atoms with van der Waals surface area (Å²) in [5.41, 5.74) is -2.57. The standard InChI is InChI=1S/C19H17F3N2O3/c1-27-15-9-5-8-14(11-15)16-12-18(26,19(20,21)22)24(23-16)17(25)10-13-6-3-2-4-7-13/h2-9,11,26H,10,12H2,1H3/t18-/m0/s1. The van der Waals surface area contributed by atoms with Crippen LogP contribution in [0.5, 0.6) is 5.75 Å². The van der Waals surface area contributed by atoms with Crippen LogP contribution in [0.2, 0.25) is 0 Å². The molecule has 0 bridgehead atoms. The monoisotopic (exact) mass is 378 g/mol. The molecule has 1 amide bonds. The summed E-state index contributed by atoms with van der Waals surface area (Å²) in [6.45, 7) is 0. The highest BCUT2D eigenvalue weighted by molar-refractivity contribution is 6.04. The molecule has 5 nitrogen and oxygen atoms in total. The second-order valence-corrected chi connectivity index (χ2v) is 6.14. The van der Waals surface area contributed by atoms with Gasteiger partial charge in [0.2, 0.25) is 5.91 Å². The second kappa shape index (κ2) is 7.03. The fourth-order valence-corrected chi connectivity index (χ4v) is 2.84. The zero-order chi connectivity index (χ0) is 19.7. The molecule has 1 aliphatic heterocycles. The third-order valence-electron chi connectivity index (χ3n) is 4.28. The SMILES string of the molecule is COc1cccc(C2=NN(C(=O)Cc3ccccc3)[C@@](O)(C(F)(F)F)C2)c1. The van der Waals surface area contributed by atoms with E-state index >= 15 is 0 Å². The lowest BCUT2D eigenvalue weighted by molar-refractivity contribution is -0.302. The lowest BCUT2D eigenvalue weighted by atomic mass is 10.0. The van der Waals surface area contributed by atoms with Crippen LogP contribution in [0.15, 0.2) is 59.7 Å². The molecular formula is C19H17F3N2O3. The Morgan fingerprint density at radius 2 is 1.93 bits per heavy atom. The molecule has 1 aliphatic rings. The molecule has 0 unspecified atom stereocenters. The van der Waals surface area contributed by atoms with Crippen LogP contribution >= 0.6 is 0 Å². The first kappa shape index (κ1) is 18.9. The molecule has 142 valence electrons. The Labute approximate surface area is 153 Å². The second-order valence-electron chi connectivity index (χ2n) is 6.14. The minimum atomic E-state index is -5.07. The quantitative estimate of drug-likeness (QED) is 0.889. The van der Waals surface area contributed by atoms with Crippen molar-refractivity contribution in [2.45, 2.75) is 24.7 Å². The molecule has 3 rings (SSSR count). The molecule has 0 saturated carbocycles. The zero-order valence-corrected chi connectivity index (χ0v) is 14.4. The average molecular weight is 378 g/mol. The van der Waals surface area contributed by atoms with E-state index in [1.54, 1.807) is 48.5 Å². The maximum absolute atomic E-state index is 13.6. The van der Waals surface area contributed by atoms with E-state index in [2.05, 4.69) is 5.10 Å². The number of amides is 1. The summed E-state index contributed by atoms with van der Waals surface area (Å²) in [6, 6.07) is 14.6. The van der Waals surface area contributed by atoms with Crippen LogP contribution in [0.3, 0.4) is 0 Å². The molecule has 8 heteroatoms. The maximum Gasteiger partial charge on any atom is 0.438 e. The average Bonchev–Trinajstić information content (AvgIpc) is 3.02. The summed E-state index contributed by atoms with van der Waals surface area (Å²) in [4.78, 5) is 12.5. The van der Waals surface area contributed by atoms with Gasteiger partial charge in [0.05, 0.1) is 25.7 Å². The minimum absolute atomic E-state index is 0.0462. The van der Waals surface area contributed by atoms with Crippen LogP contribution in [0.25, 0.3) is 0 Å². The van der Waals surface area contributed by atoms with Crippen molar-refractivity contribution < 1.29 is 27.8 Å². The summed E-state index contributed by atoms with van der Waals surface area (Å²) in [5, 5.41) is 14.3. The van der Waals surface area contributed by atoms with Gasteiger partial charge in [0.1, 0.15) is 5.75 Å². The van der Waals surface area contributed by atoms with Crippen LogP contribution in [-0.2, 0) is 11.2 Å². The summed E-state index contributed by atoms with van der Waals surface area (Å²) in [6.07, 6.45) is -6.23. The van der Waals surface area contributed by atoms with Gasteiger partial charge in [0.15, 0.2) is 0 Å². The van der Waals surface area contributed by atoms with Crippen molar-refractivity contribution in [1.29, 1.82) is 0 Å². The van der Waals surface area contributed by atoms with Crippen molar-refractivity contribution in [3.63, 3.8) is 0 Å². The van der Waals surface area contributed by atoms with Gasteiger partial charge in [0, 0.05) is 5.56 Å². The van der Waals surface area contributed by atoms with E-state index in [0.717, 1.165) is 0 Å². The van der Waals surface area contributed by atoms with Crippen molar-refractivity contribution >= 4 is 11.6 Å². The molecule has 1 N–H and O–H groups in total. The number of benzene rings is 2. The Bertz CT molecular complexity index is 868. The predicted molar refractivity (Wildman–Crippen MR) is 92.1 cm³/mol. The summed E-state index contributed by atoms with van der Waals surface area (Å²) in [7, 11) is 1.43. The maximum atomic E-state index is 13.6. The van der Waals surface area contributed by atoms with Crippen molar-refractivity contribution in [1.82, 2.24) is 5.01 Å². The van der Waals surface area contributed by atoms with Crippen molar-refractivity contribution in [2.24, 2.45) is 5.10 Å². The number of nitrogens with zero attached hydrogens (tertiary/aromatic N) is 2. The van der Waals surface area contributed by atoms with E-state index in [1.165, 1.54) is 13.2 Å². The Morgan fingerprint density at radius 3 is 2.56 bits per heavy atom. The number of carbonyl (C=O) groups is 1. The van der Waals surface area contributed by atoms with Crippen molar-refractivity contribution in [3.8, 4) is 5.75 Å². The number of halogens is 3. The Hall–Kier alpha value is -2.87. The third kappa shape index (κ3) is 3.66. The topological polar surface area (TPSA) is 62.1 Å². The minimum Gasteiger partial charge on any atom is -0.497 e. The summed E-state index contributed by atoms with van der Waals surface area (Å²) >= 11 is 0. The molecule has 0 spiro atoms. The molecule has 0 radical (unpaired) electrons. The molecular weight excluding hydrogens is 361 g/mol. The fraction of sp³-hybridized carbons (Fsp3) is 0.263. The van der Waals surface area contributed by atoms with E-state index in [4.69, 9.17) is 4.74 Å². The molecule has 0 fully saturated rings. The van der Waals surface area contributed by atoms with E-state index in [-0.39, 0.29) is 17.1 Å². The van der Waals surface area contributed by atoms with Crippen LogP contribution in [-0.4, -0.2) is 40.7 Å². The molecule has 2 aromatic carbocycles. The van der Waals surface area contributed by atoms with Crippen LogP contribution in [0, 0.1) is 0 Å². The zero-order valence-electron chi connectivity index (χ0n) is 14.4. The Morgan fingerprint density at radius 1 is 1.22 bits per heavy atom. The number of hydrazone groups is 1. The predicted octanol–water partition coefficient (Wildman–Crippen LogP) is 3.13. The number of alkyl halides is 3. The number of hydrogen-bond donors (Lipinski definition) is 1. The molecule has 1 atom stereocenters. The number of aliphatic hydroxyl groups is 1. The highest BCUT2D eigenvalue weighted by Crippen LogP contribution is 2.41. The largest absolute Gasteiger partial charge is 0.497 e. The van der Waals surface area contributed by atoms with Gasteiger partial charge >= 0.3 is 6.18 Å². The lowest BCUT2D eigenvalue weighted by Crippen LogP contribution is -2.57. The smallest absolute Gasteiger partial charge is 0.438 e. The number of ether oxygens (including phenoxy) is 1. The van der Waals surface area contributed by atoms with Gasteiger partial charge in [-0.3, -0.25) is 4.79 Å². The highest BCUT2D eigenvalue weighted by Gasteiger charge is 2.63. The first-order valence-electron chi connectivity index (χ1n) is 8.12. The van der Waals surface area contributed by atoms with Crippen LogP contribution < -0.4 is 4.74 Å². The van der Waals surface area contributed by atoms with Crippen molar-refractivity contribution in [2.75, 3.05) is 7.11 Å². The molecule has 1 heterocycles. The van der Waals surface area contributed by atoms with Gasteiger partial charge in [-0.1, -0.05) is 42.5 Å². The number of methoxy groups -OCH3 is 1. The molecule has 0 aliphatic carbocycles. The summed E-state index contributed by atoms with van der Waals surface area (Å²) in [5.74, 6) is -0.515. The number of rotatable bonds is 4. The van der Waals surface area contributed by atoms with Crippen LogP contribution in [0.4, 0.5) is 13.2 Å². The van der Waals surface area contributed by atoms with Gasteiger partial charge < -0.3 is 9.84 Å². The number of hydrogen-bond acceptors (Lipinski definition) is 4. The van der Waals surface area contributed by atoms with E-state index in [9.17, 15) is 23.1 Å². The van der Waals surface area contributed by atoms with Gasteiger partial charge in [-0.25, -0.2) is 0 Å². The highest BCUT2D eigenvalue weighted by atomic mass is 19.4. The first-order chi connectivity index (χ1) is 12.7. The van der Waals surface area contributed by atoms with Crippen LogP contribution in [0.1, 0.15) is 17.5 Å². The van der Waals surface area contributed by atoms with Gasteiger partial charge in [-0.15, -0.1) is 0 Å². The van der Waals surface area contributed by atoms with Gasteiger partial charge in [0.25, 0.3) is 5.72 Å². The summed E-state index contributed by atoms with van der Waals surface area (Å²) < 4.78 is 45.8. The fourth-order valence-electron chi connectivity index (χ4n) is 2.84. The van der Waals surface area contributed by atoms with E-state index in [1.807, 2.05) is 0 Å². The normalized spacial score (nSPS) is 19.7. The van der Waals surface area contributed by atoms with Crippen molar-refractivity contribution in [3.05, 3.63) is 65.7 Å². The van der Waals surface area contributed by atoms with Gasteiger partial charge in [-0.2, -0.15) is 23.3 Å². The molecule has 27 heavy (non-hydrogen) atoms. The molecule has 0 aromatic heterocycles. The third-order valence-corrected chi connectivity index (χ3v) is 4.28. The first-order valence-corrected chi connectivity index (χ1v) is 8.12. The van der Waals surface area contributed by atoms with E-state index in [0.29, 0.717) is 16.9 Å².